The Hall–Kier alpha value is 0.120. The van der Waals surface area contributed by atoms with Crippen molar-refractivity contribution in [1.29, 1.82) is 0 Å². The van der Waals surface area contributed by atoms with Crippen LogP contribution in [0.3, 0.4) is 0 Å². The van der Waals surface area contributed by atoms with Gasteiger partial charge < -0.3 is 4.74 Å². The van der Waals surface area contributed by atoms with Crippen molar-refractivity contribution < 1.29 is 13.2 Å². The van der Waals surface area contributed by atoms with Crippen molar-refractivity contribution in [2.24, 2.45) is 11.8 Å². The Morgan fingerprint density at radius 3 is 2.30 bits per heavy atom. The zero-order chi connectivity index (χ0) is 14.8. The average Bonchev–Trinajstić information content (AvgIpc) is 2.47. The molecule has 7 heteroatoms. The molecule has 0 bridgehead atoms. The highest BCUT2D eigenvalue weighted by atomic mass is 35.5. The summed E-state index contributed by atoms with van der Waals surface area (Å²) in [6, 6.07) is 0. The molecular weight excluding hydrogens is 300 g/mol. The summed E-state index contributed by atoms with van der Waals surface area (Å²) < 4.78 is 33.9. The lowest BCUT2D eigenvalue weighted by atomic mass is 9.97. The SMILES string of the molecule is COC1CN(S(=O)(=O)N2CCC(CCl)CC2)CCC1C. The molecule has 20 heavy (non-hydrogen) atoms. The standard InChI is InChI=1S/C13H25ClN2O3S/c1-11-3-6-16(10-13(11)19-2)20(17,18)15-7-4-12(9-14)5-8-15/h11-13H,3-10H2,1-2H3. The third-order valence-corrected chi connectivity index (χ3v) is 7.04. The van der Waals surface area contributed by atoms with Crippen LogP contribution < -0.4 is 0 Å². The maximum atomic E-state index is 12.7. The first-order valence-electron chi connectivity index (χ1n) is 7.33. The van der Waals surface area contributed by atoms with E-state index in [0.717, 1.165) is 19.3 Å². The molecule has 2 unspecified atom stereocenters. The number of rotatable bonds is 4. The van der Waals surface area contributed by atoms with Gasteiger partial charge in [0, 0.05) is 39.2 Å². The lowest BCUT2D eigenvalue weighted by Gasteiger charge is -2.39. The molecule has 2 atom stereocenters. The van der Waals surface area contributed by atoms with Gasteiger partial charge in [0.1, 0.15) is 0 Å². The fourth-order valence-corrected chi connectivity index (χ4v) is 4.96. The number of methoxy groups -OCH3 is 1. The normalized spacial score (nSPS) is 31.6. The summed E-state index contributed by atoms with van der Waals surface area (Å²) >= 11 is 5.85. The molecule has 0 radical (unpaired) electrons. The molecule has 118 valence electrons. The number of halogens is 1. The molecular formula is C13H25ClN2O3S. The van der Waals surface area contributed by atoms with Gasteiger partial charge in [-0.15, -0.1) is 11.6 Å². The van der Waals surface area contributed by atoms with Crippen molar-refractivity contribution in [3.63, 3.8) is 0 Å². The van der Waals surface area contributed by atoms with Crippen molar-refractivity contribution in [3.8, 4) is 0 Å². The predicted molar refractivity (Wildman–Crippen MR) is 80.1 cm³/mol. The minimum Gasteiger partial charge on any atom is -0.380 e. The molecule has 2 heterocycles. The monoisotopic (exact) mass is 324 g/mol. The minimum atomic E-state index is -3.34. The van der Waals surface area contributed by atoms with E-state index in [-0.39, 0.29) is 6.10 Å². The Morgan fingerprint density at radius 2 is 1.75 bits per heavy atom. The number of hydrogen-bond donors (Lipinski definition) is 0. The summed E-state index contributed by atoms with van der Waals surface area (Å²) in [7, 11) is -1.68. The lowest BCUT2D eigenvalue weighted by molar-refractivity contribution is 0.0165. The van der Waals surface area contributed by atoms with Crippen molar-refractivity contribution >= 4 is 21.8 Å². The minimum absolute atomic E-state index is 0.00101. The van der Waals surface area contributed by atoms with Crippen LogP contribution in [0.1, 0.15) is 26.2 Å². The van der Waals surface area contributed by atoms with Crippen LogP contribution in [0.5, 0.6) is 0 Å². The summed E-state index contributed by atoms with van der Waals surface area (Å²) in [5.74, 6) is 1.49. The average molecular weight is 325 g/mol. The highest BCUT2D eigenvalue weighted by Crippen LogP contribution is 2.26. The number of hydrogen-bond acceptors (Lipinski definition) is 3. The topological polar surface area (TPSA) is 49.9 Å². The molecule has 2 aliphatic heterocycles. The van der Waals surface area contributed by atoms with Crippen LogP contribution in [-0.2, 0) is 14.9 Å². The first-order valence-corrected chi connectivity index (χ1v) is 9.26. The number of piperidine rings is 2. The third kappa shape index (κ3) is 3.47. The molecule has 0 aromatic rings. The second kappa shape index (κ2) is 6.92. The molecule has 2 fully saturated rings. The van der Waals surface area contributed by atoms with Gasteiger partial charge in [0.15, 0.2) is 0 Å². The molecule has 2 rings (SSSR count). The Morgan fingerprint density at radius 1 is 1.15 bits per heavy atom. The van der Waals surface area contributed by atoms with E-state index >= 15 is 0 Å². The van der Waals surface area contributed by atoms with Crippen LogP contribution in [0.2, 0.25) is 0 Å². The second-order valence-corrected chi connectivity index (χ2v) is 8.14. The van der Waals surface area contributed by atoms with Crippen LogP contribution in [-0.4, -0.2) is 62.3 Å². The summed E-state index contributed by atoms with van der Waals surface area (Å²) in [6.07, 6.45) is 2.58. The van der Waals surface area contributed by atoms with E-state index in [9.17, 15) is 8.42 Å². The van der Waals surface area contributed by atoms with Gasteiger partial charge >= 0.3 is 0 Å². The zero-order valence-electron chi connectivity index (χ0n) is 12.3. The Bertz CT molecular complexity index is 410. The van der Waals surface area contributed by atoms with Gasteiger partial charge in [-0.2, -0.15) is 17.0 Å². The van der Waals surface area contributed by atoms with Gasteiger partial charge in [0.25, 0.3) is 10.2 Å². The zero-order valence-corrected chi connectivity index (χ0v) is 13.9. The molecule has 0 spiro atoms. The fraction of sp³-hybridized carbons (Fsp3) is 1.00. The van der Waals surface area contributed by atoms with Gasteiger partial charge in [-0.3, -0.25) is 0 Å². The summed E-state index contributed by atoms with van der Waals surface area (Å²) in [5, 5.41) is 0. The van der Waals surface area contributed by atoms with E-state index in [4.69, 9.17) is 16.3 Å². The van der Waals surface area contributed by atoms with Gasteiger partial charge in [-0.05, 0) is 31.1 Å². The van der Waals surface area contributed by atoms with Crippen molar-refractivity contribution in [3.05, 3.63) is 0 Å². The van der Waals surface area contributed by atoms with Crippen LogP contribution >= 0.6 is 11.6 Å². The molecule has 2 aliphatic rings. The van der Waals surface area contributed by atoms with Crippen LogP contribution in [0.15, 0.2) is 0 Å². The van der Waals surface area contributed by atoms with Crippen molar-refractivity contribution in [2.45, 2.75) is 32.3 Å². The lowest BCUT2D eigenvalue weighted by Crippen LogP contribution is -2.53. The van der Waals surface area contributed by atoms with E-state index in [2.05, 4.69) is 6.92 Å². The highest BCUT2D eigenvalue weighted by molar-refractivity contribution is 7.86. The first kappa shape index (κ1) is 16.5. The van der Waals surface area contributed by atoms with E-state index in [1.807, 2.05) is 0 Å². The first-order chi connectivity index (χ1) is 9.48. The fourth-order valence-electron chi connectivity index (χ4n) is 2.98. The summed E-state index contributed by atoms with van der Waals surface area (Å²) in [4.78, 5) is 0. The van der Waals surface area contributed by atoms with Crippen molar-refractivity contribution in [1.82, 2.24) is 8.61 Å². The van der Waals surface area contributed by atoms with Crippen LogP contribution in [0, 0.1) is 11.8 Å². The Balaban J connectivity index is 2.00. The van der Waals surface area contributed by atoms with Gasteiger partial charge in [0.05, 0.1) is 6.10 Å². The number of alkyl halides is 1. The summed E-state index contributed by atoms with van der Waals surface area (Å²) in [6.45, 7) is 4.35. The largest absolute Gasteiger partial charge is 0.380 e. The smallest absolute Gasteiger partial charge is 0.282 e. The van der Waals surface area contributed by atoms with Gasteiger partial charge in [-0.25, -0.2) is 0 Å². The third-order valence-electron chi connectivity index (χ3n) is 4.60. The molecule has 0 amide bonds. The second-order valence-electron chi connectivity index (χ2n) is 5.90. The summed E-state index contributed by atoms with van der Waals surface area (Å²) in [5.41, 5.74) is 0. The van der Waals surface area contributed by atoms with E-state index in [1.54, 1.807) is 15.7 Å². The van der Waals surface area contributed by atoms with Crippen molar-refractivity contribution in [2.75, 3.05) is 39.2 Å². The van der Waals surface area contributed by atoms with E-state index < -0.39 is 10.2 Å². The maximum Gasteiger partial charge on any atom is 0.282 e. The number of ether oxygens (including phenoxy) is 1. The van der Waals surface area contributed by atoms with Crippen LogP contribution in [0.25, 0.3) is 0 Å². The molecule has 0 aromatic heterocycles. The van der Waals surface area contributed by atoms with Gasteiger partial charge in [-0.1, -0.05) is 6.92 Å². The molecule has 0 aromatic carbocycles. The highest BCUT2D eigenvalue weighted by Gasteiger charge is 2.37. The molecule has 0 aliphatic carbocycles. The molecule has 0 saturated carbocycles. The molecule has 0 N–H and O–H groups in total. The maximum absolute atomic E-state index is 12.7. The number of nitrogens with zero attached hydrogens (tertiary/aromatic N) is 2. The quantitative estimate of drug-likeness (QED) is 0.737. The Kier molecular flexibility index (Phi) is 5.71. The Labute approximate surface area is 127 Å². The van der Waals surface area contributed by atoms with E-state index in [1.165, 1.54) is 0 Å². The molecule has 2 saturated heterocycles. The van der Waals surface area contributed by atoms with Gasteiger partial charge in [0.2, 0.25) is 0 Å². The van der Waals surface area contributed by atoms with Crippen LogP contribution in [0.4, 0.5) is 0 Å². The van der Waals surface area contributed by atoms with E-state index in [0.29, 0.717) is 43.9 Å². The predicted octanol–water partition coefficient (Wildman–Crippen LogP) is 1.54. The molecule has 5 nitrogen and oxygen atoms in total.